The molecule has 8 heteroatoms. The molecule has 3 aliphatic rings. The number of aliphatic hydroxyl groups excluding tert-OH is 2. The van der Waals surface area contributed by atoms with Gasteiger partial charge < -0.3 is 25.0 Å². The Labute approximate surface area is 176 Å². The number of methoxy groups -OCH3 is 1. The van der Waals surface area contributed by atoms with Gasteiger partial charge in [-0.1, -0.05) is 32.1 Å². The third kappa shape index (κ3) is 4.61. The van der Waals surface area contributed by atoms with E-state index in [-0.39, 0.29) is 11.7 Å². The maximum absolute atomic E-state index is 14.0. The molecule has 1 unspecified atom stereocenters. The minimum atomic E-state index is -1.24. The van der Waals surface area contributed by atoms with Crippen LogP contribution in [0, 0.1) is 29.4 Å². The highest BCUT2D eigenvalue weighted by Gasteiger charge is 2.48. The number of rotatable bonds is 6. The van der Waals surface area contributed by atoms with Crippen LogP contribution in [0.3, 0.4) is 0 Å². The summed E-state index contributed by atoms with van der Waals surface area (Å²) in [5.41, 5.74) is 0. The van der Waals surface area contributed by atoms with Crippen LogP contribution in [0.25, 0.3) is 0 Å². The largest absolute Gasteiger partial charge is 0.388 e. The van der Waals surface area contributed by atoms with E-state index in [4.69, 9.17) is 9.47 Å². The first kappa shape index (κ1) is 21.9. The molecular weight excluding hydrogens is 394 g/mol. The fourth-order valence-electron chi connectivity index (χ4n) is 5.26. The lowest BCUT2D eigenvalue weighted by Gasteiger charge is -2.46. The predicted molar refractivity (Wildman–Crippen MR) is 107 cm³/mol. The quantitative estimate of drug-likeness (QED) is 0.648. The molecule has 0 radical (unpaired) electrons. The van der Waals surface area contributed by atoms with Crippen molar-refractivity contribution in [3.8, 4) is 0 Å². The van der Waals surface area contributed by atoms with Crippen molar-refractivity contribution < 1.29 is 28.5 Å². The SMILES string of the molecule is CO[C@H]1O[C@H](C2CCC(CC3CCC3)CC2)[C@H](O)[C@H](O)C1Nc1ncc(F)cc1F. The average molecular weight is 427 g/mol. The fraction of sp³-hybridized carbons (Fsp3) is 0.773. The monoisotopic (exact) mass is 426 g/mol. The maximum atomic E-state index is 14.0. The van der Waals surface area contributed by atoms with Gasteiger partial charge >= 0.3 is 0 Å². The Morgan fingerprint density at radius 1 is 1.10 bits per heavy atom. The van der Waals surface area contributed by atoms with Gasteiger partial charge in [0.15, 0.2) is 17.9 Å². The van der Waals surface area contributed by atoms with E-state index in [1.54, 1.807) is 0 Å². The molecule has 0 amide bonds. The van der Waals surface area contributed by atoms with E-state index in [1.807, 2.05) is 0 Å². The zero-order valence-electron chi connectivity index (χ0n) is 17.3. The normalized spacial score (nSPS) is 37.6. The Morgan fingerprint density at radius 3 is 2.40 bits per heavy atom. The summed E-state index contributed by atoms with van der Waals surface area (Å²) < 4.78 is 38.5. The molecule has 2 aliphatic carbocycles. The minimum Gasteiger partial charge on any atom is -0.388 e. The van der Waals surface area contributed by atoms with E-state index in [0.29, 0.717) is 6.07 Å². The van der Waals surface area contributed by atoms with E-state index in [2.05, 4.69) is 10.3 Å². The Morgan fingerprint density at radius 2 is 1.80 bits per heavy atom. The van der Waals surface area contributed by atoms with Crippen LogP contribution in [-0.4, -0.2) is 53.0 Å². The molecule has 6 nitrogen and oxygen atoms in total. The molecule has 2 saturated carbocycles. The average Bonchev–Trinajstić information content (AvgIpc) is 2.71. The van der Waals surface area contributed by atoms with Crippen LogP contribution in [-0.2, 0) is 9.47 Å². The number of aliphatic hydroxyl groups is 2. The molecule has 1 aliphatic heterocycles. The van der Waals surface area contributed by atoms with Crippen molar-refractivity contribution in [1.82, 2.24) is 4.98 Å². The lowest BCUT2D eigenvalue weighted by molar-refractivity contribution is -0.262. The van der Waals surface area contributed by atoms with Crippen LogP contribution in [0.1, 0.15) is 51.4 Å². The number of aromatic nitrogens is 1. The molecule has 0 aromatic carbocycles. The van der Waals surface area contributed by atoms with E-state index in [0.717, 1.165) is 43.7 Å². The van der Waals surface area contributed by atoms with Gasteiger partial charge in [-0.2, -0.15) is 0 Å². The minimum absolute atomic E-state index is 0.145. The van der Waals surface area contributed by atoms with Crippen molar-refractivity contribution in [2.75, 3.05) is 12.4 Å². The summed E-state index contributed by atoms with van der Waals surface area (Å²) in [6, 6.07) is -0.238. The van der Waals surface area contributed by atoms with Crippen LogP contribution in [0.15, 0.2) is 12.3 Å². The number of halogens is 2. The number of anilines is 1. The highest BCUT2D eigenvalue weighted by molar-refractivity contribution is 5.38. The molecule has 30 heavy (non-hydrogen) atoms. The van der Waals surface area contributed by atoms with Gasteiger partial charge in [-0.25, -0.2) is 13.8 Å². The van der Waals surface area contributed by atoms with Gasteiger partial charge in [0.05, 0.1) is 12.3 Å². The maximum Gasteiger partial charge on any atom is 0.180 e. The summed E-state index contributed by atoms with van der Waals surface area (Å²) in [7, 11) is 1.44. The van der Waals surface area contributed by atoms with Gasteiger partial charge in [0.2, 0.25) is 0 Å². The predicted octanol–water partition coefficient (Wildman–Crippen LogP) is 3.23. The first-order chi connectivity index (χ1) is 14.5. The van der Waals surface area contributed by atoms with Crippen molar-refractivity contribution >= 4 is 5.82 Å². The summed E-state index contributed by atoms with van der Waals surface area (Å²) in [4.78, 5) is 3.69. The van der Waals surface area contributed by atoms with Gasteiger partial charge in [0.1, 0.15) is 24.1 Å². The Bertz CT molecular complexity index is 710. The number of nitrogens with zero attached hydrogens (tertiary/aromatic N) is 1. The number of nitrogens with one attached hydrogen (secondary N) is 1. The molecule has 1 aromatic rings. The highest BCUT2D eigenvalue weighted by Crippen LogP contribution is 2.42. The van der Waals surface area contributed by atoms with Gasteiger partial charge in [0.25, 0.3) is 0 Å². The molecule has 3 N–H and O–H groups in total. The first-order valence-electron chi connectivity index (χ1n) is 11.1. The van der Waals surface area contributed by atoms with Crippen molar-refractivity contribution in [2.24, 2.45) is 17.8 Å². The fourth-order valence-corrected chi connectivity index (χ4v) is 5.26. The standard InChI is InChI=1S/C22H32F2N2O4/c1-29-22-17(26-21-16(24)10-15(23)11-25-21)18(27)19(28)20(30-22)14-7-5-13(6-8-14)9-12-3-2-4-12/h10-14,17-20,22,27-28H,2-9H2,1H3,(H,25,26)/t13?,14?,17?,18-,19-,20-,22+/m1/s1. The summed E-state index contributed by atoms with van der Waals surface area (Å²) >= 11 is 0. The van der Waals surface area contributed by atoms with Gasteiger partial charge in [0, 0.05) is 13.2 Å². The van der Waals surface area contributed by atoms with Crippen LogP contribution in [0.2, 0.25) is 0 Å². The lowest BCUT2D eigenvalue weighted by Crippen LogP contribution is -2.62. The molecule has 3 fully saturated rings. The third-order valence-corrected chi connectivity index (χ3v) is 7.23. The van der Waals surface area contributed by atoms with Crippen LogP contribution in [0.5, 0.6) is 0 Å². The number of pyridine rings is 1. The van der Waals surface area contributed by atoms with E-state index >= 15 is 0 Å². The van der Waals surface area contributed by atoms with Crippen LogP contribution in [0.4, 0.5) is 14.6 Å². The molecule has 0 bridgehead atoms. The molecule has 4 rings (SSSR count). The summed E-state index contributed by atoms with van der Waals surface area (Å²) in [6.07, 6.45) is 6.62. The Balaban J connectivity index is 1.38. The molecule has 5 atom stereocenters. The van der Waals surface area contributed by atoms with Crippen molar-refractivity contribution in [1.29, 1.82) is 0 Å². The molecule has 168 valence electrons. The number of hydrogen-bond acceptors (Lipinski definition) is 6. The topological polar surface area (TPSA) is 83.8 Å². The number of hydrogen-bond donors (Lipinski definition) is 3. The summed E-state index contributed by atoms with van der Waals surface area (Å²) in [5, 5.41) is 24.2. The molecule has 0 spiro atoms. The molecule has 1 saturated heterocycles. The number of ether oxygens (including phenoxy) is 2. The summed E-state index contributed by atoms with van der Waals surface area (Å²) in [6.45, 7) is 0. The van der Waals surface area contributed by atoms with Gasteiger partial charge in [-0.3, -0.25) is 0 Å². The van der Waals surface area contributed by atoms with Gasteiger partial charge in [-0.05, 0) is 37.0 Å². The highest BCUT2D eigenvalue weighted by atomic mass is 19.1. The second-order valence-electron chi connectivity index (χ2n) is 9.15. The molecule has 1 aromatic heterocycles. The van der Waals surface area contributed by atoms with Crippen LogP contribution >= 0.6 is 0 Å². The second-order valence-corrected chi connectivity index (χ2v) is 9.15. The van der Waals surface area contributed by atoms with E-state index in [1.165, 1.54) is 32.8 Å². The van der Waals surface area contributed by atoms with Crippen molar-refractivity contribution in [3.05, 3.63) is 23.9 Å². The summed E-state index contributed by atoms with van der Waals surface area (Å²) in [5.74, 6) is -0.125. The zero-order valence-corrected chi connectivity index (χ0v) is 17.3. The zero-order chi connectivity index (χ0) is 21.3. The van der Waals surface area contributed by atoms with E-state index in [9.17, 15) is 19.0 Å². The smallest absolute Gasteiger partial charge is 0.180 e. The first-order valence-corrected chi connectivity index (χ1v) is 11.1. The van der Waals surface area contributed by atoms with Crippen LogP contribution < -0.4 is 5.32 Å². The van der Waals surface area contributed by atoms with E-state index < -0.39 is 42.3 Å². The van der Waals surface area contributed by atoms with Crippen molar-refractivity contribution in [3.63, 3.8) is 0 Å². The molecule has 2 heterocycles. The van der Waals surface area contributed by atoms with Crippen molar-refractivity contribution in [2.45, 2.75) is 82.0 Å². The molecular formula is C22H32F2N2O4. The third-order valence-electron chi connectivity index (χ3n) is 7.23. The Hall–Kier alpha value is -1.35. The lowest BCUT2D eigenvalue weighted by atomic mass is 9.71. The Kier molecular flexibility index (Phi) is 6.87. The van der Waals surface area contributed by atoms with Gasteiger partial charge in [-0.15, -0.1) is 0 Å². The second kappa shape index (κ2) is 9.42.